The molecule has 0 bridgehead atoms. The van der Waals surface area contributed by atoms with E-state index in [1.165, 1.54) is 6.33 Å². The van der Waals surface area contributed by atoms with Crippen LogP contribution in [0, 0.1) is 0 Å². The summed E-state index contributed by atoms with van der Waals surface area (Å²) < 4.78 is 6.84. The minimum atomic E-state index is 0.00421. The SMILES string of the molecule is CSc1ncnc2c1cnn2COCCO. The largest absolute Gasteiger partial charge is 0.394 e. The number of thioether (sulfide) groups is 1. The number of ether oxygens (including phenoxy) is 1. The lowest BCUT2D eigenvalue weighted by Crippen LogP contribution is -2.07. The lowest BCUT2D eigenvalue weighted by atomic mass is 10.4. The van der Waals surface area contributed by atoms with Crippen molar-refractivity contribution in [2.24, 2.45) is 0 Å². The van der Waals surface area contributed by atoms with Crippen molar-refractivity contribution < 1.29 is 9.84 Å². The Kier molecular flexibility index (Phi) is 3.70. The van der Waals surface area contributed by atoms with E-state index < -0.39 is 0 Å². The van der Waals surface area contributed by atoms with E-state index in [0.717, 1.165) is 16.1 Å². The van der Waals surface area contributed by atoms with E-state index in [4.69, 9.17) is 9.84 Å². The molecule has 0 saturated heterocycles. The maximum atomic E-state index is 8.61. The molecule has 2 heterocycles. The van der Waals surface area contributed by atoms with Crippen LogP contribution in [0.4, 0.5) is 0 Å². The maximum absolute atomic E-state index is 8.61. The van der Waals surface area contributed by atoms with Crippen molar-refractivity contribution in [2.75, 3.05) is 19.5 Å². The Bertz CT molecular complexity index is 473. The minimum absolute atomic E-state index is 0.00421. The molecule has 0 atom stereocenters. The third-order valence-electron chi connectivity index (χ3n) is 2.04. The van der Waals surface area contributed by atoms with Gasteiger partial charge >= 0.3 is 0 Å². The average molecular weight is 240 g/mol. The maximum Gasteiger partial charge on any atom is 0.164 e. The number of hydrogen-bond donors (Lipinski definition) is 1. The molecule has 86 valence electrons. The van der Waals surface area contributed by atoms with Gasteiger partial charge in [-0.25, -0.2) is 14.6 Å². The van der Waals surface area contributed by atoms with Crippen molar-refractivity contribution in [3.63, 3.8) is 0 Å². The Hall–Kier alpha value is -1.18. The van der Waals surface area contributed by atoms with Gasteiger partial charge in [0.2, 0.25) is 0 Å². The molecule has 16 heavy (non-hydrogen) atoms. The fourth-order valence-electron chi connectivity index (χ4n) is 1.34. The van der Waals surface area contributed by atoms with Gasteiger partial charge < -0.3 is 9.84 Å². The first kappa shape index (κ1) is 11.3. The minimum Gasteiger partial charge on any atom is -0.394 e. The lowest BCUT2D eigenvalue weighted by molar-refractivity contribution is 0.0439. The first-order valence-electron chi connectivity index (χ1n) is 4.76. The second kappa shape index (κ2) is 5.24. The van der Waals surface area contributed by atoms with E-state index in [9.17, 15) is 0 Å². The molecule has 0 fully saturated rings. The van der Waals surface area contributed by atoms with Gasteiger partial charge in [0, 0.05) is 0 Å². The highest BCUT2D eigenvalue weighted by Crippen LogP contribution is 2.21. The standard InChI is InChI=1S/C9H12N4O2S/c1-16-9-7-4-12-13(6-15-3-2-14)8(7)10-5-11-9/h4-5,14H,2-3,6H2,1H3. The third kappa shape index (κ3) is 2.16. The van der Waals surface area contributed by atoms with Gasteiger partial charge in [-0.3, -0.25) is 0 Å². The monoisotopic (exact) mass is 240 g/mol. The molecule has 0 amide bonds. The Morgan fingerprint density at radius 3 is 3.12 bits per heavy atom. The second-order valence-corrected chi connectivity index (χ2v) is 3.82. The van der Waals surface area contributed by atoms with Gasteiger partial charge in [-0.05, 0) is 6.26 Å². The molecule has 6 nitrogen and oxygen atoms in total. The number of rotatable bonds is 5. The first-order valence-corrected chi connectivity index (χ1v) is 5.98. The Labute approximate surface area is 96.7 Å². The van der Waals surface area contributed by atoms with Gasteiger partial charge in [0.25, 0.3) is 0 Å². The molecular formula is C9H12N4O2S. The van der Waals surface area contributed by atoms with Crippen LogP contribution < -0.4 is 0 Å². The van der Waals surface area contributed by atoms with E-state index >= 15 is 0 Å². The zero-order chi connectivity index (χ0) is 11.4. The van der Waals surface area contributed by atoms with Crippen LogP contribution >= 0.6 is 11.8 Å². The van der Waals surface area contributed by atoms with Crippen molar-refractivity contribution in [1.82, 2.24) is 19.7 Å². The van der Waals surface area contributed by atoms with Crippen LogP contribution in [0.15, 0.2) is 17.6 Å². The fraction of sp³-hybridized carbons (Fsp3) is 0.444. The number of hydrogen-bond acceptors (Lipinski definition) is 6. The number of aliphatic hydroxyl groups is 1. The molecule has 2 aromatic rings. The Morgan fingerprint density at radius 1 is 1.50 bits per heavy atom. The van der Waals surface area contributed by atoms with E-state index in [1.807, 2.05) is 6.26 Å². The van der Waals surface area contributed by atoms with Crippen LogP contribution in [0.1, 0.15) is 0 Å². The zero-order valence-electron chi connectivity index (χ0n) is 8.83. The number of aliphatic hydroxyl groups excluding tert-OH is 1. The normalized spacial score (nSPS) is 11.1. The molecule has 0 aliphatic rings. The molecule has 2 rings (SSSR count). The van der Waals surface area contributed by atoms with Crippen LogP contribution in [0.25, 0.3) is 11.0 Å². The zero-order valence-corrected chi connectivity index (χ0v) is 9.65. The van der Waals surface area contributed by atoms with Crippen molar-refractivity contribution >= 4 is 22.8 Å². The molecular weight excluding hydrogens is 228 g/mol. The summed E-state index contributed by atoms with van der Waals surface area (Å²) in [6, 6.07) is 0. The van der Waals surface area contributed by atoms with Crippen LogP contribution in [0.3, 0.4) is 0 Å². The second-order valence-electron chi connectivity index (χ2n) is 3.03. The van der Waals surface area contributed by atoms with E-state index in [1.54, 1.807) is 22.6 Å². The third-order valence-corrected chi connectivity index (χ3v) is 2.75. The van der Waals surface area contributed by atoms with Crippen molar-refractivity contribution in [3.05, 3.63) is 12.5 Å². The van der Waals surface area contributed by atoms with Crippen molar-refractivity contribution in [2.45, 2.75) is 11.8 Å². The Balaban J connectivity index is 2.27. The van der Waals surface area contributed by atoms with Crippen molar-refractivity contribution in [3.8, 4) is 0 Å². The number of aromatic nitrogens is 4. The predicted molar refractivity (Wildman–Crippen MR) is 60.1 cm³/mol. The molecule has 0 aliphatic carbocycles. The van der Waals surface area contributed by atoms with Crippen molar-refractivity contribution in [1.29, 1.82) is 0 Å². The lowest BCUT2D eigenvalue weighted by Gasteiger charge is -2.03. The van der Waals surface area contributed by atoms with Gasteiger partial charge in [0.05, 0.1) is 24.8 Å². The highest BCUT2D eigenvalue weighted by molar-refractivity contribution is 7.98. The Morgan fingerprint density at radius 2 is 2.38 bits per heavy atom. The predicted octanol–water partition coefficient (Wildman–Crippen LogP) is 0.515. The summed E-state index contributed by atoms with van der Waals surface area (Å²) in [5, 5.41) is 14.6. The summed E-state index contributed by atoms with van der Waals surface area (Å²) in [4.78, 5) is 8.31. The summed E-state index contributed by atoms with van der Waals surface area (Å²) >= 11 is 1.55. The highest BCUT2D eigenvalue weighted by atomic mass is 32.2. The number of nitrogens with zero attached hydrogens (tertiary/aromatic N) is 4. The quantitative estimate of drug-likeness (QED) is 0.466. The summed E-state index contributed by atoms with van der Waals surface area (Å²) in [6.07, 6.45) is 5.20. The van der Waals surface area contributed by atoms with Crippen LogP contribution in [0.5, 0.6) is 0 Å². The summed E-state index contributed by atoms with van der Waals surface area (Å²) in [6.45, 7) is 0.584. The van der Waals surface area contributed by atoms with E-state index in [2.05, 4.69) is 15.1 Å². The van der Waals surface area contributed by atoms with Crippen LogP contribution in [0.2, 0.25) is 0 Å². The van der Waals surface area contributed by atoms with E-state index in [0.29, 0.717) is 6.61 Å². The molecule has 0 aromatic carbocycles. The average Bonchev–Trinajstić information content (AvgIpc) is 2.73. The molecule has 0 aliphatic heterocycles. The van der Waals surface area contributed by atoms with Crippen LogP contribution in [-0.4, -0.2) is 44.3 Å². The molecule has 7 heteroatoms. The summed E-state index contributed by atoms with van der Waals surface area (Å²) in [7, 11) is 0. The van der Waals surface area contributed by atoms with Gasteiger partial charge in [0.1, 0.15) is 18.1 Å². The van der Waals surface area contributed by atoms with Crippen LogP contribution in [-0.2, 0) is 11.5 Å². The highest BCUT2D eigenvalue weighted by Gasteiger charge is 2.08. The first-order chi connectivity index (χ1) is 7.86. The van der Waals surface area contributed by atoms with E-state index in [-0.39, 0.29) is 13.3 Å². The van der Waals surface area contributed by atoms with Gasteiger partial charge in [0.15, 0.2) is 5.65 Å². The molecule has 0 unspecified atom stereocenters. The van der Waals surface area contributed by atoms with Gasteiger partial charge in [-0.15, -0.1) is 11.8 Å². The molecule has 0 radical (unpaired) electrons. The summed E-state index contributed by atoms with van der Waals surface area (Å²) in [5.41, 5.74) is 0.747. The molecule has 0 saturated carbocycles. The smallest absolute Gasteiger partial charge is 0.164 e. The number of fused-ring (bicyclic) bond motifs is 1. The molecule has 1 N–H and O–H groups in total. The molecule has 2 aromatic heterocycles. The topological polar surface area (TPSA) is 73.1 Å². The fourth-order valence-corrected chi connectivity index (χ4v) is 1.86. The van der Waals surface area contributed by atoms with Gasteiger partial charge in [-0.1, -0.05) is 0 Å². The molecule has 0 spiro atoms. The van der Waals surface area contributed by atoms with Gasteiger partial charge in [-0.2, -0.15) is 5.10 Å². The summed E-state index contributed by atoms with van der Waals surface area (Å²) in [5.74, 6) is 0.